The Morgan fingerprint density at radius 1 is 1.00 bits per heavy atom. The minimum Gasteiger partial charge on any atom is -0.393 e. The van der Waals surface area contributed by atoms with E-state index in [1.807, 2.05) is 0 Å². The fourth-order valence-electron chi connectivity index (χ4n) is 8.05. The van der Waals surface area contributed by atoms with Crippen molar-refractivity contribution in [3.8, 4) is 6.07 Å². The van der Waals surface area contributed by atoms with Gasteiger partial charge in [-0.3, -0.25) is 0 Å². The van der Waals surface area contributed by atoms with E-state index in [-0.39, 0.29) is 34.9 Å². The maximum atomic E-state index is 11.4. The minimum absolute atomic E-state index is 0.00857. The van der Waals surface area contributed by atoms with Crippen LogP contribution in [0.15, 0.2) is 0 Å². The molecule has 5 heteroatoms. The van der Waals surface area contributed by atoms with E-state index < -0.39 is 6.10 Å². The number of nitrogens with zero attached hydrogens (tertiary/aromatic N) is 1. The van der Waals surface area contributed by atoms with Crippen molar-refractivity contribution in [2.24, 2.45) is 40.4 Å². The molecule has 4 aliphatic rings. The molecule has 28 heavy (non-hydrogen) atoms. The highest BCUT2D eigenvalue weighted by Gasteiger charge is 2.64. The van der Waals surface area contributed by atoms with Gasteiger partial charge < -0.3 is 19.7 Å². The first-order valence-corrected chi connectivity index (χ1v) is 11.2. The van der Waals surface area contributed by atoms with Crippen molar-refractivity contribution in [1.29, 1.82) is 5.26 Å². The van der Waals surface area contributed by atoms with Crippen LogP contribution in [0, 0.1) is 51.8 Å². The molecular formula is C23H37NO4. The van der Waals surface area contributed by atoms with Crippen LogP contribution in [0.1, 0.15) is 58.8 Å². The van der Waals surface area contributed by atoms with Gasteiger partial charge in [0.1, 0.15) is 0 Å². The summed E-state index contributed by atoms with van der Waals surface area (Å²) in [6, 6.07) is 2.55. The topological polar surface area (TPSA) is 82.7 Å². The fraction of sp³-hybridized carbons (Fsp3) is 0.957. The summed E-state index contributed by atoms with van der Waals surface area (Å²) >= 11 is 0. The number of hydrogen-bond acceptors (Lipinski definition) is 5. The maximum absolute atomic E-state index is 11.4. The molecule has 158 valence electrons. The van der Waals surface area contributed by atoms with Crippen LogP contribution >= 0.6 is 0 Å². The quantitative estimate of drug-likeness (QED) is 0.720. The highest BCUT2D eigenvalue weighted by molar-refractivity contribution is 5.15. The van der Waals surface area contributed by atoms with E-state index in [4.69, 9.17) is 9.47 Å². The molecule has 0 bridgehead atoms. The van der Waals surface area contributed by atoms with E-state index in [0.29, 0.717) is 31.0 Å². The van der Waals surface area contributed by atoms with Gasteiger partial charge in [-0.25, -0.2) is 0 Å². The second-order valence-electron chi connectivity index (χ2n) is 10.5. The average molecular weight is 392 g/mol. The normalized spacial score (nSPS) is 53.0. The van der Waals surface area contributed by atoms with Crippen LogP contribution in [-0.2, 0) is 9.47 Å². The molecule has 0 aromatic carbocycles. The van der Waals surface area contributed by atoms with Crippen LogP contribution in [0.5, 0.6) is 0 Å². The Morgan fingerprint density at radius 3 is 2.50 bits per heavy atom. The number of hydrogen-bond donors (Lipinski definition) is 2. The van der Waals surface area contributed by atoms with Crippen molar-refractivity contribution >= 4 is 0 Å². The average Bonchev–Trinajstić information content (AvgIpc) is 2.98. The smallest absolute Gasteiger partial charge is 0.0840 e. The van der Waals surface area contributed by atoms with E-state index in [0.717, 1.165) is 44.9 Å². The predicted octanol–water partition coefficient (Wildman–Crippen LogP) is 3.14. The monoisotopic (exact) mass is 391 g/mol. The lowest BCUT2D eigenvalue weighted by atomic mass is 9.43. The zero-order valence-corrected chi connectivity index (χ0v) is 17.6. The maximum Gasteiger partial charge on any atom is 0.0840 e. The largest absolute Gasteiger partial charge is 0.393 e. The van der Waals surface area contributed by atoms with Crippen molar-refractivity contribution in [3.63, 3.8) is 0 Å². The summed E-state index contributed by atoms with van der Waals surface area (Å²) in [6.07, 6.45) is 5.73. The SMILES string of the molecule is COCCO[C@H]1C[C@]2(C)C3[C@@H](CC[C@H]2C[C@@H]1O)C1CC[C@H](C#N)[C@@]1(C)C[C@@H]3O. The molecule has 0 aliphatic heterocycles. The first-order chi connectivity index (χ1) is 13.3. The zero-order chi connectivity index (χ0) is 20.1. The second kappa shape index (κ2) is 7.54. The van der Waals surface area contributed by atoms with Crippen molar-refractivity contribution in [3.05, 3.63) is 0 Å². The third kappa shape index (κ3) is 3.03. The summed E-state index contributed by atoms with van der Waals surface area (Å²) in [5.74, 6) is 1.81. The Kier molecular flexibility index (Phi) is 5.55. The van der Waals surface area contributed by atoms with Crippen molar-refractivity contribution in [2.75, 3.05) is 20.3 Å². The van der Waals surface area contributed by atoms with Gasteiger partial charge in [-0.1, -0.05) is 13.8 Å². The van der Waals surface area contributed by atoms with Gasteiger partial charge in [0, 0.05) is 7.11 Å². The molecule has 10 atom stereocenters. The van der Waals surface area contributed by atoms with Gasteiger partial charge >= 0.3 is 0 Å². The second-order valence-corrected chi connectivity index (χ2v) is 10.5. The summed E-state index contributed by atoms with van der Waals surface area (Å²) in [4.78, 5) is 0. The fourth-order valence-corrected chi connectivity index (χ4v) is 8.05. The molecule has 2 N–H and O–H groups in total. The molecule has 0 amide bonds. The number of nitriles is 1. The van der Waals surface area contributed by atoms with E-state index in [1.54, 1.807) is 7.11 Å². The van der Waals surface area contributed by atoms with Crippen LogP contribution in [0.2, 0.25) is 0 Å². The molecule has 0 aromatic rings. The molecule has 4 saturated carbocycles. The molecule has 0 saturated heterocycles. The molecule has 2 unspecified atom stereocenters. The van der Waals surface area contributed by atoms with Crippen LogP contribution < -0.4 is 0 Å². The molecule has 5 nitrogen and oxygen atoms in total. The molecule has 0 heterocycles. The van der Waals surface area contributed by atoms with Gasteiger partial charge in [0.25, 0.3) is 0 Å². The summed E-state index contributed by atoms with van der Waals surface area (Å²) in [7, 11) is 1.66. The van der Waals surface area contributed by atoms with Gasteiger partial charge in [0.05, 0.1) is 43.5 Å². The number of aliphatic hydroxyl groups excluding tert-OH is 2. The number of ether oxygens (including phenoxy) is 2. The molecule has 4 aliphatic carbocycles. The van der Waals surface area contributed by atoms with Gasteiger partial charge in [-0.05, 0) is 79.4 Å². The van der Waals surface area contributed by atoms with Crippen molar-refractivity contribution in [1.82, 2.24) is 0 Å². The Hall–Kier alpha value is -0.670. The Balaban J connectivity index is 1.59. The van der Waals surface area contributed by atoms with Crippen molar-refractivity contribution in [2.45, 2.75) is 77.1 Å². The standard InChI is InChI=1S/C23H37NO4/c1-22-11-19(26)21-16(17(22)7-5-15(22)13-24)6-4-14-10-18(25)20(12-23(14,21)2)28-9-8-27-3/h14-21,25-26H,4-12H2,1-3H3/t14-,15+,16-,17?,18-,19-,20-,21?,22+,23-/m0/s1. The lowest BCUT2D eigenvalue weighted by Crippen LogP contribution is -2.61. The van der Waals surface area contributed by atoms with E-state index in [2.05, 4.69) is 19.9 Å². The van der Waals surface area contributed by atoms with Crippen molar-refractivity contribution < 1.29 is 19.7 Å². The lowest BCUT2D eigenvalue weighted by molar-refractivity contribution is -0.203. The van der Waals surface area contributed by atoms with Gasteiger partial charge in [-0.2, -0.15) is 5.26 Å². The Bertz CT molecular complexity index is 620. The molecule has 0 spiro atoms. The molecule has 0 aromatic heterocycles. The number of rotatable bonds is 4. The first kappa shape index (κ1) is 20.6. The molecule has 0 radical (unpaired) electrons. The number of fused-ring (bicyclic) bond motifs is 5. The van der Waals surface area contributed by atoms with E-state index in [9.17, 15) is 15.5 Å². The van der Waals surface area contributed by atoms with Crippen LogP contribution in [0.4, 0.5) is 0 Å². The molecule has 4 rings (SSSR count). The Morgan fingerprint density at radius 2 is 1.79 bits per heavy atom. The van der Waals surface area contributed by atoms with Gasteiger partial charge in [0.2, 0.25) is 0 Å². The summed E-state index contributed by atoms with van der Waals surface area (Å²) in [5.41, 5.74) is -0.0492. The molecule has 4 fully saturated rings. The number of methoxy groups -OCH3 is 1. The van der Waals surface area contributed by atoms with E-state index >= 15 is 0 Å². The lowest BCUT2D eigenvalue weighted by Gasteiger charge is -2.62. The minimum atomic E-state index is -0.424. The predicted molar refractivity (Wildman–Crippen MR) is 105 cm³/mol. The third-order valence-corrected chi connectivity index (χ3v) is 9.37. The molecular weight excluding hydrogens is 354 g/mol. The highest BCUT2D eigenvalue weighted by Crippen LogP contribution is 2.67. The number of aliphatic hydroxyl groups is 2. The first-order valence-electron chi connectivity index (χ1n) is 11.2. The van der Waals surface area contributed by atoms with Gasteiger partial charge in [0.15, 0.2) is 0 Å². The summed E-state index contributed by atoms with van der Waals surface area (Å²) in [6.45, 7) is 5.64. The van der Waals surface area contributed by atoms with Crippen LogP contribution in [0.3, 0.4) is 0 Å². The van der Waals surface area contributed by atoms with Crippen LogP contribution in [0.25, 0.3) is 0 Å². The van der Waals surface area contributed by atoms with Gasteiger partial charge in [-0.15, -0.1) is 0 Å². The zero-order valence-electron chi connectivity index (χ0n) is 17.6. The summed E-state index contributed by atoms with van der Waals surface area (Å²) in [5, 5.41) is 31.7. The summed E-state index contributed by atoms with van der Waals surface area (Å²) < 4.78 is 11.1. The van der Waals surface area contributed by atoms with E-state index in [1.165, 1.54) is 0 Å². The third-order valence-electron chi connectivity index (χ3n) is 9.37. The Labute approximate surface area is 169 Å². The van der Waals surface area contributed by atoms with Crippen LogP contribution in [-0.4, -0.2) is 48.8 Å². The highest BCUT2D eigenvalue weighted by atomic mass is 16.5.